The number of ether oxygens (including phenoxy) is 1. The highest BCUT2D eigenvalue weighted by molar-refractivity contribution is 14.1. The fourth-order valence-electron chi connectivity index (χ4n) is 2.47. The van der Waals surface area contributed by atoms with Gasteiger partial charge in [-0.15, -0.1) is 11.3 Å². The van der Waals surface area contributed by atoms with Crippen LogP contribution >= 0.6 is 33.9 Å². The fourth-order valence-corrected chi connectivity index (χ4v) is 3.80. The summed E-state index contributed by atoms with van der Waals surface area (Å²) in [5, 5.41) is 4.99. The van der Waals surface area contributed by atoms with Gasteiger partial charge in [0.05, 0.1) is 26.7 Å². The van der Waals surface area contributed by atoms with E-state index in [0.29, 0.717) is 6.10 Å². The molecule has 2 fully saturated rings. The van der Waals surface area contributed by atoms with Gasteiger partial charge in [0.25, 0.3) is 5.91 Å². The molecule has 3 atom stereocenters. The van der Waals surface area contributed by atoms with Crippen molar-refractivity contribution in [1.82, 2.24) is 5.32 Å². The van der Waals surface area contributed by atoms with Crippen LogP contribution in [-0.4, -0.2) is 24.2 Å². The molecule has 2 saturated heterocycles. The smallest absolute Gasteiger partial charge is 0.252 e. The van der Waals surface area contributed by atoms with Crippen LogP contribution in [0.3, 0.4) is 0 Å². The van der Waals surface area contributed by atoms with Crippen LogP contribution < -0.4 is 5.32 Å². The third-order valence-electron chi connectivity index (χ3n) is 3.25. The van der Waals surface area contributed by atoms with Crippen LogP contribution in [0.15, 0.2) is 11.4 Å². The van der Waals surface area contributed by atoms with Gasteiger partial charge in [0.1, 0.15) is 0 Å². The summed E-state index contributed by atoms with van der Waals surface area (Å²) in [6.07, 6.45) is 3.88. The minimum Gasteiger partial charge on any atom is -0.373 e. The third kappa shape index (κ3) is 2.00. The molecule has 3 nitrogen and oxygen atoms in total. The first kappa shape index (κ1) is 11.0. The second-order valence-electron chi connectivity index (χ2n) is 4.33. The molecule has 1 amide bonds. The molecule has 1 N–H and O–H groups in total. The first-order valence-electron chi connectivity index (χ1n) is 5.43. The van der Waals surface area contributed by atoms with Crippen molar-refractivity contribution in [2.75, 3.05) is 0 Å². The van der Waals surface area contributed by atoms with E-state index in [9.17, 15) is 4.79 Å². The van der Waals surface area contributed by atoms with Crippen molar-refractivity contribution in [3.8, 4) is 0 Å². The van der Waals surface area contributed by atoms with Gasteiger partial charge < -0.3 is 10.1 Å². The minimum absolute atomic E-state index is 0.0420. The Morgan fingerprint density at radius 2 is 2.44 bits per heavy atom. The van der Waals surface area contributed by atoms with Crippen molar-refractivity contribution >= 4 is 39.8 Å². The molecular formula is C11H12INO2S. The first-order chi connectivity index (χ1) is 7.72. The topological polar surface area (TPSA) is 38.3 Å². The Bertz CT molecular complexity index is 420. The van der Waals surface area contributed by atoms with Crippen LogP contribution in [-0.2, 0) is 4.74 Å². The maximum atomic E-state index is 11.9. The Balaban J connectivity index is 1.65. The number of thiophene rings is 1. The molecule has 16 heavy (non-hydrogen) atoms. The van der Waals surface area contributed by atoms with Crippen molar-refractivity contribution < 1.29 is 9.53 Å². The Labute approximate surface area is 112 Å². The predicted octanol–water partition coefficient (Wildman–Crippen LogP) is 2.40. The summed E-state index contributed by atoms with van der Waals surface area (Å²) in [4.78, 5) is 11.9. The molecule has 0 saturated carbocycles. The molecule has 3 heterocycles. The maximum absolute atomic E-state index is 11.9. The van der Waals surface area contributed by atoms with Crippen molar-refractivity contribution in [2.45, 2.75) is 37.5 Å². The number of nitrogens with one attached hydrogen (secondary N) is 1. The highest BCUT2D eigenvalue weighted by Gasteiger charge is 2.41. The third-order valence-corrected chi connectivity index (χ3v) is 5.04. The van der Waals surface area contributed by atoms with E-state index in [1.54, 1.807) is 11.3 Å². The summed E-state index contributed by atoms with van der Waals surface area (Å²) in [5.41, 5.74) is 0.775. The average molecular weight is 349 g/mol. The highest BCUT2D eigenvalue weighted by atomic mass is 127. The van der Waals surface area contributed by atoms with Crippen molar-refractivity contribution in [3.63, 3.8) is 0 Å². The maximum Gasteiger partial charge on any atom is 0.252 e. The molecule has 0 aromatic carbocycles. The summed E-state index contributed by atoms with van der Waals surface area (Å²) in [6, 6.07) is 2.15. The van der Waals surface area contributed by atoms with Crippen LogP contribution in [0.5, 0.6) is 0 Å². The number of hydrogen-bond acceptors (Lipinski definition) is 3. The number of carbonyl (C=O) groups excluding carboxylic acids is 1. The van der Waals surface area contributed by atoms with Gasteiger partial charge in [-0.25, -0.2) is 0 Å². The van der Waals surface area contributed by atoms with Crippen LogP contribution in [0.25, 0.3) is 0 Å². The number of carbonyl (C=O) groups is 1. The molecule has 3 unspecified atom stereocenters. The van der Waals surface area contributed by atoms with E-state index in [4.69, 9.17) is 4.74 Å². The number of halogens is 1. The van der Waals surface area contributed by atoms with E-state index < -0.39 is 0 Å². The minimum atomic E-state index is 0.0420. The quantitative estimate of drug-likeness (QED) is 0.833. The number of hydrogen-bond donors (Lipinski definition) is 1. The molecule has 0 radical (unpaired) electrons. The lowest BCUT2D eigenvalue weighted by Gasteiger charge is -2.19. The Hall–Kier alpha value is -0.140. The van der Waals surface area contributed by atoms with Gasteiger partial charge in [-0.05, 0) is 47.9 Å². The van der Waals surface area contributed by atoms with Crippen LogP contribution in [0, 0.1) is 2.88 Å². The van der Waals surface area contributed by atoms with Gasteiger partial charge in [-0.3, -0.25) is 4.79 Å². The summed E-state index contributed by atoms with van der Waals surface area (Å²) in [6.45, 7) is 0. The normalized spacial score (nSPS) is 31.9. The lowest BCUT2D eigenvalue weighted by Crippen LogP contribution is -2.41. The largest absolute Gasteiger partial charge is 0.373 e. The molecule has 5 heteroatoms. The predicted molar refractivity (Wildman–Crippen MR) is 70.8 cm³/mol. The molecule has 0 aliphatic carbocycles. The molecule has 3 rings (SSSR count). The first-order valence-corrected chi connectivity index (χ1v) is 7.38. The molecule has 0 spiro atoms. The second kappa shape index (κ2) is 4.27. The van der Waals surface area contributed by atoms with Crippen LogP contribution in [0.4, 0.5) is 0 Å². The van der Waals surface area contributed by atoms with Gasteiger partial charge in [-0.2, -0.15) is 0 Å². The zero-order valence-corrected chi connectivity index (χ0v) is 11.6. The van der Waals surface area contributed by atoms with Crippen molar-refractivity contribution in [3.05, 3.63) is 19.9 Å². The zero-order valence-electron chi connectivity index (χ0n) is 8.61. The standard InChI is InChI=1S/C11H12INO2S/c12-10-3-6(5-16-10)11(14)13-8-4-7-1-2-9(8)15-7/h3,5,7-9H,1-2,4H2,(H,13,14). The molecule has 2 bridgehead atoms. The van der Waals surface area contributed by atoms with Gasteiger partial charge in [0.2, 0.25) is 0 Å². The lowest BCUT2D eigenvalue weighted by molar-refractivity contribution is 0.0841. The Kier molecular flexibility index (Phi) is 2.93. The van der Waals surface area contributed by atoms with E-state index in [2.05, 4.69) is 27.9 Å². The molecule has 2 aliphatic heterocycles. The number of fused-ring (bicyclic) bond motifs is 2. The SMILES string of the molecule is O=C(NC1CC2CCC1O2)c1csc(I)c1. The summed E-state index contributed by atoms with van der Waals surface area (Å²) in [7, 11) is 0. The summed E-state index contributed by atoms with van der Waals surface area (Å²) in [5.74, 6) is 0.0420. The van der Waals surface area contributed by atoms with Crippen LogP contribution in [0.2, 0.25) is 0 Å². The highest BCUT2D eigenvalue weighted by Crippen LogP contribution is 2.34. The van der Waals surface area contributed by atoms with Gasteiger partial charge in [0.15, 0.2) is 0 Å². The number of rotatable bonds is 2. The zero-order chi connectivity index (χ0) is 11.1. The number of amides is 1. The molecule has 86 valence electrons. The second-order valence-corrected chi connectivity index (χ2v) is 7.13. The fraction of sp³-hybridized carbons (Fsp3) is 0.545. The van der Waals surface area contributed by atoms with E-state index in [1.807, 2.05) is 11.4 Å². The van der Waals surface area contributed by atoms with E-state index in [1.165, 1.54) is 0 Å². The summed E-state index contributed by atoms with van der Waals surface area (Å²) < 4.78 is 6.86. The van der Waals surface area contributed by atoms with Gasteiger partial charge in [-0.1, -0.05) is 0 Å². The average Bonchev–Trinajstić information content (AvgIpc) is 2.92. The van der Waals surface area contributed by atoms with Gasteiger partial charge >= 0.3 is 0 Å². The molecular weight excluding hydrogens is 337 g/mol. The molecule has 2 aliphatic rings. The molecule has 1 aromatic heterocycles. The van der Waals surface area contributed by atoms with E-state index in [-0.39, 0.29) is 18.1 Å². The van der Waals surface area contributed by atoms with Crippen molar-refractivity contribution in [2.24, 2.45) is 0 Å². The lowest BCUT2D eigenvalue weighted by atomic mass is 9.95. The van der Waals surface area contributed by atoms with E-state index in [0.717, 1.165) is 27.7 Å². The summed E-state index contributed by atoms with van der Waals surface area (Å²) >= 11 is 3.83. The molecule has 1 aromatic rings. The van der Waals surface area contributed by atoms with E-state index >= 15 is 0 Å². The van der Waals surface area contributed by atoms with Gasteiger partial charge in [0, 0.05) is 5.38 Å². The van der Waals surface area contributed by atoms with Crippen LogP contribution in [0.1, 0.15) is 29.6 Å². The Morgan fingerprint density at radius 1 is 1.56 bits per heavy atom. The van der Waals surface area contributed by atoms with Crippen molar-refractivity contribution in [1.29, 1.82) is 0 Å². The monoisotopic (exact) mass is 349 g/mol. The Morgan fingerprint density at radius 3 is 3.00 bits per heavy atom.